The first-order chi connectivity index (χ1) is 14.2. The summed E-state index contributed by atoms with van der Waals surface area (Å²) in [4.78, 5) is 35.3. The summed E-state index contributed by atoms with van der Waals surface area (Å²) >= 11 is 0. The van der Waals surface area contributed by atoms with E-state index in [1.54, 1.807) is 12.1 Å². The number of amides is 2. The van der Waals surface area contributed by atoms with Gasteiger partial charge in [0.1, 0.15) is 11.3 Å². The van der Waals surface area contributed by atoms with E-state index in [1.807, 2.05) is 19.9 Å². The fraction of sp³-hybridized carbons (Fsp3) is 0.300. The van der Waals surface area contributed by atoms with Crippen LogP contribution in [0.2, 0.25) is 0 Å². The van der Waals surface area contributed by atoms with E-state index in [4.69, 9.17) is 14.2 Å². The number of nitro benzene ring substituents is 1. The molecule has 0 aliphatic rings. The Labute approximate surface area is 173 Å². The van der Waals surface area contributed by atoms with Gasteiger partial charge in [-0.3, -0.25) is 30.6 Å². The first-order valence-corrected chi connectivity index (χ1v) is 8.93. The summed E-state index contributed by atoms with van der Waals surface area (Å²) in [6, 6.07) is 7.69. The van der Waals surface area contributed by atoms with Crippen LogP contribution < -0.4 is 25.1 Å². The molecule has 160 valence electrons. The summed E-state index contributed by atoms with van der Waals surface area (Å²) < 4.78 is 15.7. The Kier molecular flexibility index (Phi) is 7.18. The number of hydrogen-bond donors (Lipinski definition) is 2. The highest BCUT2D eigenvalue weighted by Gasteiger charge is 2.25. The van der Waals surface area contributed by atoms with E-state index in [0.717, 1.165) is 23.3 Å². The maximum Gasteiger partial charge on any atom is 0.286 e. The van der Waals surface area contributed by atoms with Crippen molar-refractivity contribution in [3.8, 4) is 17.2 Å². The van der Waals surface area contributed by atoms with Crippen LogP contribution in [0.1, 0.15) is 28.4 Å². The van der Waals surface area contributed by atoms with Crippen LogP contribution >= 0.6 is 0 Å². The zero-order valence-electron chi connectivity index (χ0n) is 17.3. The minimum atomic E-state index is -0.925. The van der Waals surface area contributed by atoms with Crippen molar-refractivity contribution in [2.45, 2.75) is 26.9 Å². The lowest BCUT2D eigenvalue weighted by Gasteiger charge is -2.17. The van der Waals surface area contributed by atoms with Crippen molar-refractivity contribution in [1.82, 2.24) is 10.9 Å². The van der Waals surface area contributed by atoms with Gasteiger partial charge in [0.15, 0.2) is 17.6 Å². The van der Waals surface area contributed by atoms with Crippen molar-refractivity contribution in [3.05, 3.63) is 57.1 Å². The molecule has 0 saturated heterocycles. The van der Waals surface area contributed by atoms with E-state index in [9.17, 15) is 19.7 Å². The van der Waals surface area contributed by atoms with Gasteiger partial charge in [-0.25, -0.2) is 0 Å². The molecule has 0 radical (unpaired) electrons. The van der Waals surface area contributed by atoms with Gasteiger partial charge < -0.3 is 14.2 Å². The molecule has 30 heavy (non-hydrogen) atoms. The fourth-order valence-electron chi connectivity index (χ4n) is 2.58. The first-order valence-electron chi connectivity index (χ1n) is 8.93. The molecular weight excluding hydrogens is 394 g/mol. The van der Waals surface area contributed by atoms with Gasteiger partial charge in [0.2, 0.25) is 0 Å². The minimum absolute atomic E-state index is 0.0975. The van der Waals surface area contributed by atoms with Gasteiger partial charge in [0, 0.05) is 6.07 Å². The second-order valence-electron chi connectivity index (χ2n) is 6.38. The summed E-state index contributed by atoms with van der Waals surface area (Å²) in [5.74, 6) is -0.756. The van der Waals surface area contributed by atoms with Gasteiger partial charge in [-0.05, 0) is 38.0 Å². The molecular formula is C20H23N3O7. The molecule has 0 saturated carbocycles. The van der Waals surface area contributed by atoms with E-state index >= 15 is 0 Å². The van der Waals surface area contributed by atoms with Gasteiger partial charge in [0.05, 0.1) is 25.2 Å². The SMILES string of the molecule is COc1cc(C(=O)NNC(=O)C(C)Oc2cccc(C)c2C)c([N+](=O)[O-])cc1OC. The number of nitro groups is 1. The van der Waals surface area contributed by atoms with Gasteiger partial charge >= 0.3 is 0 Å². The second kappa shape index (κ2) is 9.59. The molecule has 2 amide bonds. The largest absolute Gasteiger partial charge is 0.493 e. The molecule has 2 N–H and O–H groups in total. The lowest BCUT2D eigenvalue weighted by Crippen LogP contribution is -2.47. The van der Waals surface area contributed by atoms with Crippen molar-refractivity contribution in [1.29, 1.82) is 0 Å². The van der Waals surface area contributed by atoms with Crippen LogP contribution in [0.25, 0.3) is 0 Å². The minimum Gasteiger partial charge on any atom is -0.493 e. The molecule has 0 bridgehead atoms. The maximum absolute atomic E-state index is 12.5. The number of carbonyl (C=O) groups is 2. The number of benzene rings is 2. The normalized spacial score (nSPS) is 11.2. The Bertz CT molecular complexity index is 975. The average Bonchev–Trinajstić information content (AvgIpc) is 2.73. The number of rotatable bonds is 7. The van der Waals surface area contributed by atoms with E-state index < -0.39 is 28.5 Å². The summed E-state index contributed by atoms with van der Waals surface area (Å²) in [6.07, 6.45) is -0.925. The van der Waals surface area contributed by atoms with Gasteiger partial charge in [-0.2, -0.15) is 0 Å². The van der Waals surface area contributed by atoms with Crippen LogP contribution in [0, 0.1) is 24.0 Å². The summed E-state index contributed by atoms with van der Waals surface area (Å²) in [6.45, 7) is 5.30. The molecule has 2 rings (SSSR count). The predicted octanol–water partition coefficient (Wildman–Crippen LogP) is 2.46. The molecule has 0 aliphatic heterocycles. The molecule has 0 heterocycles. The molecule has 10 heteroatoms. The maximum atomic E-state index is 12.5. The lowest BCUT2D eigenvalue weighted by atomic mass is 10.1. The Morgan fingerprint density at radius 2 is 1.67 bits per heavy atom. The van der Waals surface area contributed by atoms with E-state index in [1.165, 1.54) is 21.1 Å². The summed E-state index contributed by atoms with van der Waals surface area (Å²) in [7, 11) is 2.65. The zero-order valence-corrected chi connectivity index (χ0v) is 17.3. The number of nitrogens with one attached hydrogen (secondary N) is 2. The standard InChI is InChI=1S/C20H23N3O7/c1-11-7-6-8-16(12(11)2)30-13(3)19(24)21-22-20(25)14-9-17(28-4)18(29-5)10-15(14)23(26)27/h6-10,13H,1-5H3,(H,21,24)(H,22,25). The number of hydrazine groups is 1. The van der Waals surface area contributed by atoms with Crippen LogP contribution in [0.3, 0.4) is 0 Å². The lowest BCUT2D eigenvalue weighted by molar-refractivity contribution is -0.385. The fourth-order valence-corrected chi connectivity index (χ4v) is 2.58. The van der Waals surface area contributed by atoms with Crippen molar-refractivity contribution in [2.24, 2.45) is 0 Å². The second-order valence-corrected chi connectivity index (χ2v) is 6.38. The zero-order chi connectivity index (χ0) is 22.4. The number of carbonyl (C=O) groups excluding carboxylic acids is 2. The molecule has 2 aromatic rings. The highest BCUT2D eigenvalue weighted by Crippen LogP contribution is 2.34. The summed E-state index contributed by atoms with van der Waals surface area (Å²) in [5.41, 5.74) is 5.46. The monoisotopic (exact) mass is 417 g/mol. The number of methoxy groups -OCH3 is 2. The van der Waals surface area contributed by atoms with Crippen molar-refractivity contribution >= 4 is 17.5 Å². The highest BCUT2D eigenvalue weighted by atomic mass is 16.6. The third-order valence-electron chi connectivity index (χ3n) is 4.47. The Morgan fingerprint density at radius 1 is 1.03 bits per heavy atom. The van der Waals surface area contributed by atoms with E-state index in [-0.39, 0.29) is 17.1 Å². The van der Waals surface area contributed by atoms with Crippen molar-refractivity contribution in [2.75, 3.05) is 14.2 Å². The van der Waals surface area contributed by atoms with Crippen LogP contribution in [0.15, 0.2) is 30.3 Å². The molecule has 1 atom stereocenters. The molecule has 1 unspecified atom stereocenters. The molecule has 10 nitrogen and oxygen atoms in total. The molecule has 0 aromatic heterocycles. The van der Waals surface area contributed by atoms with E-state index in [2.05, 4.69) is 10.9 Å². The van der Waals surface area contributed by atoms with Crippen molar-refractivity contribution < 1.29 is 28.7 Å². The topological polar surface area (TPSA) is 129 Å². The Balaban J connectivity index is 2.11. The van der Waals surface area contributed by atoms with Crippen LogP contribution in [0.5, 0.6) is 17.2 Å². The number of ether oxygens (including phenoxy) is 3. The average molecular weight is 417 g/mol. The third kappa shape index (κ3) is 4.96. The molecule has 0 fully saturated rings. The van der Waals surface area contributed by atoms with Crippen LogP contribution in [-0.2, 0) is 4.79 Å². The highest BCUT2D eigenvalue weighted by molar-refractivity contribution is 6.00. The third-order valence-corrected chi connectivity index (χ3v) is 4.47. The van der Waals surface area contributed by atoms with Crippen LogP contribution in [0.4, 0.5) is 5.69 Å². The quantitative estimate of drug-likeness (QED) is 0.523. The first kappa shape index (κ1) is 22.5. The Hall–Kier alpha value is -3.82. The molecule has 0 aliphatic carbocycles. The van der Waals surface area contributed by atoms with E-state index in [0.29, 0.717) is 5.75 Å². The van der Waals surface area contributed by atoms with Crippen LogP contribution in [-0.4, -0.2) is 37.1 Å². The van der Waals surface area contributed by atoms with Gasteiger partial charge in [-0.1, -0.05) is 12.1 Å². The summed E-state index contributed by atoms with van der Waals surface area (Å²) in [5, 5.41) is 11.3. The number of nitrogens with zero attached hydrogens (tertiary/aromatic N) is 1. The number of hydrogen-bond acceptors (Lipinski definition) is 7. The van der Waals surface area contributed by atoms with Gasteiger partial charge in [-0.15, -0.1) is 0 Å². The molecule has 0 spiro atoms. The van der Waals surface area contributed by atoms with Crippen molar-refractivity contribution in [3.63, 3.8) is 0 Å². The predicted molar refractivity (Wildman–Crippen MR) is 108 cm³/mol. The number of aryl methyl sites for hydroxylation is 1. The van der Waals surface area contributed by atoms with Gasteiger partial charge in [0.25, 0.3) is 17.5 Å². The Morgan fingerprint density at radius 3 is 2.27 bits per heavy atom. The molecule has 2 aromatic carbocycles. The smallest absolute Gasteiger partial charge is 0.286 e.